The van der Waals surface area contributed by atoms with Crippen molar-refractivity contribution in [2.24, 2.45) is 12.0 Å². The van der Waals surface area contributed by atoms with E-state index in [2.05, 4.69) is 63.3 Å². The lowest BCUT2D eigenvalue weighted by Crippen LogP contribution is -2.44. The zero-order valence-electron chi connectivity index (χ0n) is 19.1. The summed E-state index contributed by atoms with van der Waals surface area (Å²) in [6.07, 6.45) is 3.28. The highest BCUT2D eigenvalue weighted by molar-refractivity contribution is 14.0. The zero-order chi connectivity index (χ0) is 22.0. The van der Waals surface area contributed by atoms with Gasteiger partial charge in [-0.3, -0.25) is 0 Å². The first kappa shape index (κ1) is 23.5. The van der Waals surface area contributed by atoms with Gasteiger partial charge in [-0.25, -0.2) is 4.99 Å². The van der Waals surface area contributed by atoms with Gasteiger partial charge in [-0.05, 0) is 31.4 Å². The number of guanidine groups is 1. The number of halogens is 1. The summed E-state index contributed by atoms with van der Waals surface area (Å²) in [4.78, 5) is 4.89. The first-order valence-corrected chi connectivity index (χ1v) is 11.3. The summed E-state index contributed by atoms with van der Waals surface area (Å²) in [5, 5.41) is 15.7. The van der Waals surface area contributed by atoms with Crippen LogP contribution >= 0.6 is 24.0 Å². The van der Waals surface area contributed by atoms with Crippen LogP contribution in [-0.4, -0.2) is 33.9 Å². The van der Waals surface area contributed by atoms with E-state index >= 15 is 0 Å². The summed E-state index contributed by atoms with van der Waals surface area (Å²) in [5.41, 5.74) is 2.76. The molecular formula is C25H31IN6O. The van der Waals surface area contributed by atoms with Crippen molar-refractivity contribution in [2.75, 3.05) is 13.2 Å². The Morgan fingerprint density at radius 3 is 2.61 bits per heavy atom. The number of aromatic nitrogens is 3. The molecule has 0 radical (unpaired) electrons. The third-order valence-corrected chi connectivity index (χ3v) is 6.66. The quantitative estimate of drug-likeness (QED) is 0.272. The van der Waals surface area contributed by atoms with Crippen LogP contribution in [0.25, 0.3) is 0 Å². The maximum Gasteiger partial charge on any atom is 0.192 e. The molecule has 2 heterocycles. The van der Waals surface area contributed by atoms with Gasteiger partial charge in [-0.1, -0.05) is 48.5 Å². The minimum Gasteiger partial charge on any atom is -0.493 e. The first-order chi connectivity index (χ1) is 15.6. The largest absolute Gasteiger partial charge is 0.493 e. The number of aliphatic imine (C=N–C) groups is 1. The van der Waals surface area contributed by atoms with Crippen LogP contribution in [0.2, 0.25) is 0 Å². The van der Waals surface area contributed by atoms with Crippen molar-refractivity contribution < 1.29 is 4.74 Å². The summed E-state index contributed by atoms with van der Waals surface area (Å²) >= 11 is 0. The fourth-order valence-corrected chi connectivity index (χ4v) is 4.31. The van der Waals surface area contributed by atoms with Gasteiger partial charge in [0.25, 0.3) is 0 Å². The van der Waals surface area contributed by atoms with E-state index in [4.69, 9.17) is 9.73 Å². The van der Waals surface area contributed by atoms with E-state index in [-0.39, 0.29) is 35.4 Å². The van der Waals surface area contributed by atoms with E-state index in [1.807, 2.05) is 30.7 Å². The lowest BCUT2D eigenvalue weighted by molar-refractivity contribution is 0.261. The maximum absolute atomic E-state index is 5.84. The van der Waals surface area contributed by atoms with Crippen molar-refractivity contribution >= 4 is 29.9 Å². The molecule has 33 heavy (non-hydrogen) atoms. The van der Waals surface area contributed by atoms with Crippen molar-refractivity contribution in [3.63, 3.8) is 0 Å². The fourth-order valence-electron chi connectivity index (χ4n) is 4.31. The van der Waals surface area contributed by atoms with Gasteiger partial charge >= 0.3 is 0 Å². The number of benzene rings is 2. The van der Waals surface area contributed by atoms with Crippen LogP contribution in [0.15, 0.2) is 59.6 Å². The molecule has 0 saturated heterocycles. The van der Waals surface area contributed by atoms with Crippen LogP contribution < -0.4 is 15.4 Å². The van der Waals surface area contributed by atoms with Gasteiger partial charge in [0.05, 0.1) is 12.6 Å². The Morgan fingerprint density at radius 2 is 1.88 bits per heavy atom. The monoisotopic (exact) mass is 558 g/mol. The normalized spacial score (nSPS) is 18.5. The third-order valence-electron chi connectivity index (χ3n) is 6.66. The lowest BCUT2D eigenvalue weighted by Gasteiger charge is -2.29. The number of hydrogen-bond donors (Lipinski definition) is 2. The topological polar surface area (TPSA) is 76.4 Å². The van der Waals surface area contributed by atoms with E-state index in [1.165, 1.54) is 24.0 Å². The predicted molar refractivity (Wildman–Crippen MR) is 140 cm³/mol. The van der Waals surface area contributed by atoms with Crippen molar-refractivity contribution in [2.45, 2.75) is 44.2 Å². The molecule has 1 atom stereocenters. The fraction of sp³-hybridized carbons (Fsp3) is 0.400. The maximum atomic E-state index is 5.84. The van der Waals surface area contributed by atoms with Crippen LogP contribution in [0.1, 0.15) is 48.1 Å². The number of para-hydroxylation sites is 1. The number of nitrogens with one attached hydrogen (secondary N) is 2. The highest BCUT2D eigenvalue weighted by Crippen LogP contribution is 2.47. The molecule has 1 unspecified atom stereocenters. The molecule has 1 fully saturated rings. The predicted octanol–water partition coefficient (Wildman–Crippen LogP) is 4.03. The van der Waals surface area contributed by atoms with Gasteiger partial charge < -0.3 is 19.9 Å². The van der Waals surface area contributed by atoms with Gasteiger partial charge in [0.15, 0.2) is 11.8 Å². The highest BCUT2D eigenvalue weighted by Gasteiger charge is 2.44. The minimum atomic E-state index is 0. The van der Waals surface area contributed by atoms with Gasteiger partial charge in [-0.2, -0.15) is 0 Å². The molecule has 8 heteroatoms. The smallest absolute Gasteiger partial charge is 0.192 e. The molecular weight excluding hydrogens is 527 g/mol. The number of aryl methyl sites for hydroxylation is 1. The number of ether oxygens (including phenoxy) is 1. The van der Waals surface area contributed by atoms with Crippen molar-refractivity contribution in [1.29, 1.82) is 0 Å². The molecule has 2 aromatic carbocycles. The Labute approximate surface area is 212 Å². The summed E-state index contributed by atoms with van der Waals surface area (Å²) in [6.45, 7) is 3.97. The highest BCUT2D eigenvalue weighted by atomic mass is 127. The zero-order valence-corrected chi connectivity index (χ0v) is 21.5. The van der Waals surface area contributed by atoms with Gasteiger partial charge in [0, 0.05) is 31.0 Å². The Kier molecular flexibility index (Phi) is 7.21. The van der Waals surface area contributed by atoms with Crippen LogP contribution in [-0.2, 0) is 19.0 Å². The summed E-state index contributed by atoms with van der Waals surface area (Å²) < 4.78 is 7.83. The van der Waals surface area contributed by atoms with Crippen LogP contribution in [0.4, 0.5) is 0 Å². The van der Waals surface area contributed by atoms with Crippen LogP contribution in [0.3, 0.4) is 0 Å². The molecule has 2 aliphatic rings. The third kappa shape index (κ3) is 5.15. The molecule has 1 aromatic heterocycles. The molecule has 0 spiro atoms. The molecule has 0 amide bonds. The van der Waals surface area contributed by atoms with E-state index < -0.39 is 0 Å². The van der Waals surface area contributed by atoms with Crippen LogP contribution in [0.5, 0.6) is 5.75 Å². The Bertz CT molecular complexity index is 1110. The number of rotatable bonds is 6. The average Bonchev–Trinajstić information content (AvgIpc) is 3.57. The van der Waals surface area contributed by atoms with Crippen LogP contribution in [0, 0.1) is 6.92 Å². The van der Waals surface area contributed by atoms with Gasteiger partial charge in [0.2, 0.25) is 0 Å². The molecule has 5 rings (SSSR count). The van der Waals surface area contributed by atoms with Gasteiger partial charge in [0.1, 0.15) is 18.1 Å². The molecule has 1 saturated carbocycles. The molecule has 3 aromatic rings. The summed E-state index contributed by atoms with van der Waals surface area (Å²) in [7, 11) is 1.98. The standard InChI is InChI=1S/C25H30N6O.HI/c1-18-29-30-23(31(18)2)16-26-24(27-17-25(13-14-25)19-8-4-3-5-9-19)28-21-12-15-32-22-11-7-6-10-20(21)22;/h3-11,21H,12-17H2,1-2H3,(H2,26,27,28);1H. The summed E-state index contributed by atoms with van der Waals surface area (Å²) in [5.74, 6) is 3.48. The average molecular weight is 558 g/mol. The van der Waals surface area contributed by atoms with E-state index in [1.54, 1.807) is 0 Å². The van der Waals surface area contributed by atoms with Crippen molar-refractivity contribution in [3.05, 3.63) is 77.4 Å². The lowest BCUT2D eigenvalue weighted by atomic mass is 9.96. The van der Waals surface area contributed by atoms with E-state index in [9.17, 15) is 0 Å². The van der Waals surface area contributed by atoms with Crippen molar-refractivity contribution in [1.82, 2.24) is 25.4 Å². The molecule has 2 N–H and O–H groups in total. The molecule has 1 aliphatic heterocycles. The second kappa shape index (κ2) is 10.1. The SMILES string of the molecule is Cc1nnc(CN=C(NCC2(c3ccccc3)CC2)NC2CCOc3ccccc32)n1C.I. The second-order valence-electron chi connectivity index (χ2n) is 8.76. The Balaban J connectivity index is 0.00000259. The summed E-state index contributed by atoms with van der Waals surface area (Å²) in [6, 6.07) is 19.2. The Hall–Kier alpha value is -2.62. The Morgan fingerprint density at radius 1 is 1.12 bits per heavy atom. The minimum absolute atomic E-state index is 0. The van der Waals surface area contributed by atoms with Gasteiger partial charge in [-0.15, -0.1) is 34.2 Å². The second-order valence-corrected chi connectivity index (χ2v) is 8.76. The molecule has 7 nitrogen and oxygen atoms in total. The molecule has 1 aliphatic carbocycles. The number of nitrogens with zero attached hydrogens (tertiary/aromatic N) is 4. The molecule has 0 bridgehead atoms. The number of hydrogen-bond acceptors (Lipinski definition) is 4. The first-order valence-electron chi connectivity index (χ1n) is 11.3. The van der Waals surface area contributed by atoms with E-state index in [0.717, 1.165) is 36.3 Å². The molecule has 174 valence electrons. The van der Waals surface area contributed by atoms with Crippen molar-refractivity contribution in [3.8, 4) is 5.75 Å². The number of fused-ring (bicyclic) bond motifs is 1. The van der Waals surface area contributed by atoms with E-state index in [0.29, 0.717) is 13.2 Å².